The number of carbonyl (C=O) groups is 5. The standard InChI is InChI=1S/C26H38N10O6/c27-17(11-15-5-2-1-3-6-15)22(38)34-18(7-4-10-32-26(29)30)23(39)35-19(8-9-21(28)37)24(40)36-20(25(41)42)12-16-13-31-14-33-16/h1-3,5-6,13-14,17-20H,4,7-12,27H2,(H2,28,37)(H,31,33)(H,34,38)(H,35,39)(H,36,40)(H,41,42)(H4,29,30,32). The molecule has 0 aliphatic carbocycles. The van der Waals surface area contributed by atoms with Crippen molar-refractivity contribution in [2.75, 3.05) is 6.54 Å². The van der Waals surface area contributed by atoms with E-state index < -0.39 is 53.8 Å². The Bertz CT molecular complexity index is 1220. The molecule has 42 heavy (non-hydrogen) atoms. The number of nitrogens with two attached hydrogens (primary N) is 4. The van der Waals surface area contributed by atoms with Crippen LogP contribution >= 0.6 is 0 Å². The van der Waals surface area contributed by atoms with Crippen molar-refractivity contribution in [2.24, 2.45) is 27.9 Å². The molecule has 0 radical (unpaired) electrons. The van der Waals surface area contributed by atoms with E-state index >= 15 is 0 Å². The SMILES string of the molecule is NC(=O)CCC(NC(=O)C(CCCN=C(N)N)NC(=O)C(N)Cc1ccccc1)C(=O)NC(Cc1cnc[nH]1)C(=O)O. The molecule has 13 N–H and O–H groups in total. The first-order chi connectivity index (χ1) is 20.0. The van der Waals surface area contributed by atoms with Gasteiger partial charge in [0.1, 0.15) is 18.1 Å². The van der Waals surface area contributed by atoms with Gasteiger partial charge in [-0.15, -0.1) is 0 Å². The zero-order chi connectivity index (χ0) is 31.1. The van der Waals surface area contributed by atoms with Gasteiger partial charge in [-0.1, -0.05) is 30.3 Å². The van der Waals surface area contributed by atoms with Crippen molar-refractivity contribution in [3.63, 3.8) is 0 Å². The number of nitrogens with zero attached hydrogens (tertiary/aromatic N) is 2. The highest BCUT2D eigenvalue weighted by Gasteiger charge is 2.30. The van der Waals surface area contributed by atoms with Gasteiger partial charge >= 0.3 is 5.97 Å². The monoisotopic (exact) mass is 586 g/mol. The predicted octanol–water partition coefficient (Wildman–Crippen LogP) is -2.62. The molecule has 0 spiro atoms. The highest BCUT2D eigenvalue weighted by atomic mass is 16.4. The average Bonchev–Trinajstić information content (AvgIpc) is 3.45. The topological polar surface area (TPSA) is 287 Å². The first kappa shape index (κ1) is 33.2. The number of aliphatic carboxylic acids is 1. The molecule has 2 rings (SSSR count). The first-order valence-corrected chi connectivity index (χ1v) is 13.2. The second-order valence-corrected chi connectivity index (χ2v) is 9.55. The van der Waals surface area contributed by atoms with Crippen LogP contribution in [0.3, 0.4) is 0 Å². The number of imidazole rings is 1. The van der Waals surface area contributed by atoms with E-state index in [4.69, 9.17) is 22.9 Å². The normalized spacial score (nSPS) is 13.5. The van der Waals surface area contributed by atoms with Gasteiger partial charge in [0.25, 0.3) is 0 Å². The van der Waals surface area contributed by atoms with Crippen LogP contribution in [0.4, 0.5) is 0 Å². The van der Waals surface area contributed by atoms with Crippen LogP contribution in [0.1, 0.15) is 36.9 Å². The van der Waals surface area contributed by atoms with Crippen molar-refractivity contribution in [2.45, 2.75) is 62.7 Å². The number of aliphatic imine (C=N–C) groups is 1. The first-order valence-electron chi connectivity index (χ1n) is 13.2. The van der Waals surface area contributed by atoms with Gasteiger partial charge in [0.15, 0.2) is 5.96 Å². The summed E-state index contributed by atoms with van der Waals surface area (Å²) in [6.07, 6.45) is 2.74. The third-order valence-electron chi connectivity index (χ3n) is 6.12. The number of carboxylic acids is 1. The van der Waals surface area contributed by atoms with Gasteiger partial charge in [0, 0.05) is 31.3 Å². The number of amides is 4. The van der Waals surface area contributed by atoms with E-state index in [1.165, 1.54) is 12.5 Å². The lowest BCUT2D eigenvalue weighted by molar-refractivity contribution is -0.142. The number of rotatable bonds is 18. The number of hydrogen-bond donors (Lipinski definition) is 9. The molecule has 0 bridgehead atoms. The zero-order valence-electron chi connectivity index (χ0n) is 23.0. The second-order valence-electron chi connectivity index (χ2n) is 9.55. The van der Waals surface area contributed by atoms with E-state index in [9.17, 15) is 29.1 Å². The largest absolute Gasteiger partial charge is 0.480 e. The van der Waals surface area contributed by atoms with E-state index in [0.717, 1.165) is 5.56 Å². The van der Waals surface area contributed by atoms with E-state index in [1.54, 1.807) is 12.1 Å². The minimum Gasteiger partial charge on any atom is -0.480 e. The lowest BCUT2D eigenvalue weighted by Gasteiger charge is -2.25. The van der Waals surface area contributed by atoms with Crippen LogP contribution in [0.25, 0.3) is 0 Å². The fraction of sp³-hybridized carbons (Fsp3) is 0.423. The molecule has 1 aromatic heterocycles. The third-order valence-corrected chi connectivity index (χ3v) is 6.12. The van der Waals surface area contributed by atoms with Gasteiger partial charge in [0.2, 0.25) is 23.6 Å². The summed E-state index contributed by atoms with van der Waals surface area (Å²) in [5.41, 5.74) is 23.3. The molecule has 4 atom stereocenters. The number of H-pyrrole nitrogens is 1. The number of carboxylic acid groups (broad SMARTS) is 1. The molecular weight excluding hydrogens is 548 g/mol. The van der Waals surface area contributed by atoms with Crippen LogP contribution in [0.2, 0.25) is 0 Å². The number of aromatic nitrogens is 2. The Balaban J connectivity index is 2.17. The Morgan fingerprint density at radius 1 is 0.881 bits per heavy atom. The number of aromatic amines is 1. The van der Waals surface area contributed by atoms with E-state index in [2.05, 4.69) is 30.9 Å². The van der Waals surface area contributed by atoms with Gasteiger partial charge < -0.3 is 49.0 Å². The van der Waals surface area contributed by atoms with Crippen LogP contribution < -0.4 is 38.9 Å². The van der Waals surface area contributed by atoms with Crippen molar-refractivity contribution in [1.29, 1.82) is 0 Å². The quantitative estimate of drug-likeness (QED) is 0.0498. The van der Waals surface area contributed by atoms with Gasteiger partial charge in [-0.25, -0.2) is 9.78 Å². The average molecular weight is 587 g/mol. The molecule has 16 nitrogen and oxygen atoms in total. The maximum atomic E-state index is 13.3. The number of benzene rings is 1. The molecule has 0 saturated heterocycles. The van der Waals surface area contributed by atoms with Crippen molar-refractivity contribution in [3.8, 4) is 0 Å². The number of hydrogen-bond acceptors (Lipinski definition) is 8. The molecule has 1 aromatic carbocycles. The fourth-order valence-corrected chi connectivity index (χ4v) is 3.93. The third kappa shape index (κ3) is 12.0. The Labute approximate surface area is 242 Å². The second kappa shape index (κ2) is 17.0. The van der Waals surface area contributed by atoms with Gasteiger partial charge in [-0.3, -0.25) is 24.2 Å². The summed E-state index contributed by atoms with van der Waals surface area (Å²) in [4.78, 5) is 73.1. The molecule has 0 aliphatic rings. The van der Waals surface area contributed by atoms with Crippen LogP contribution in [0, 0.1) is 0 Å². The molecule has 1 heterocycles. The van der Waals surface area contributed by atoms with Crippen molar-refractivity contribution in [3.05, 3.63) is 54.1 Å². The maximum Gasteiger partial charge on any atom is 0.326 e. The van der Waals surface area contributed by atoms with Crippen LogP contribution in [-0.4, -0.2) is 81.3 Å². The van der Waals surface area contributed by atoms with E-state index in [1.807, 2.05) is 18.2 Å². The molecule has 0 aliphatic heterocycles. The summed E-state index contributed by atoms with van der Waals surface area (Å²) < 4.78 is 0. The van der Waals surface area contributed by atoms with Crippen molar-refractivity contribution >= 4 is 35.6 Å². The summed E-state index contributed by atoms with van der Waals surface area (Å²) in [6.45, 7) is 0.164. The van der Waals surface area contributed by atoms with Gasteiger partial charge in [-0.2, -0.15) is 0 Å². The predicted molar refractivity (Wildman–Crippen MR) is 152 cm³/mol. The summed E-state index contributed by atoms with van der Waals surface area (Å²) in [5, 5.41) is 17.1. The van der Waals surface area contributed by atoms with E-state index in [-0.39, 0.29) is 51.0 Å². The minimum absolute atomic E-state index is 0.0775. The molecular formula is C26H38N10O6. The van der Waals surface area contributed by atoms with Crippen molar-refractivity contribution < 1.29 is 29.1 Å². The Kier molecular flexibility index (Phi) is 13.4. The minimum atomic E-state index is -1.36. The summed E-state index contributed by atoms with van der Waals surface area (Å²) in [6, 6.07) is 4.22. The molecule has 2 aromatic rings. The highest BCUT2D eigenvalue weighted by molar-refractivity contribution is 5.94. The number of primary amides is 1. The number of carbonyl (C=O) groups excluding carboxylic acids is 4. The molecule has 228 valence electrons. The van der Waals surface area contributed by atoms with E-state index in [0.29, 0.717) is 5.69 Å². The Hall–Kier alpha value is -4.99. The lowest BCUT2D eigenvalue weighted by Crippen LogP contribution is -2.57. The number of guanidine groups is 1. The summed E-state index contributed by atoms with van der Waals surface area (Å²) in [5.74, 6) is -4.42. The molecule has 16 heteroatoms. The van der Waals surface area contributed by atoms with Gasteiger partial charge in [-0.05, 0) is 31.2 Å². The van der Waals surface area contributed by atoms with Crippen LogP contribution in [0.5, 0.6) is 0 Å². The van der Waals surface area contributed by atoms with Crippen molar-refractivity contribution in [1.82, 2.24) is 25.9 Å². The molecule has 4 unspecified atom stereocenters. The molecule has 4 amide bonds. The van der Waals surface area contributed by atoms with Crippen LogP contribution in [0.15, 0.2) is 47.8 Å². The maximum absolute atomic E-state index is 13.3. The Morgan fingerprint density at radius 3 is 2.07 bits per heavy atom. The zero-order valence-corrected chi connectivity index (χ0v) is 23.0. The summed E-state index contributed by atoms with van der Waals surface area (Å²) in [7, 11) is 0. The summed E-state index contributed by atoms with van der Waals surface area (Å²) >= 11 is 0. The highest BCUT2D eigenvalue weighted by Crippen LogP contribution is 2.07. The van der Waals surface area contributed by atoms with Gasteiger partial charge in [0.05, 0.1) is 12.4 Å². The molecule has 0 saturated carbocycles. The lowest BCUT2D eigenvalue weighted by atomic mass is 10.0. The smallest absolute Gasteiger partial charge is 0.326 e. The number of nitrogens with one attached hydrogen (secondary N) is 4. The molecule has 0 fully saturated rings. The Morgan fingerprint density at radius 2 is 1.50 bits per heavy atom. The van der Waals surface area contributed by atoms with Crippen LogP contribution in [-0.2, 0) is 36.8 Å². The fourth-order valence-electron chi connectivity index (χ4n) is 3.93.